The second kappa shape index (κ2) is 6.65. The van der Waals surface area contributed by atoms with Crippen molar-refractivity contribution < 1.29 is 9.32 Å². The normalized spacial score (nSPS) is 10.4. The van der Waals surface area contributed by atoms with Gasteiger partial charge in [0.25, 0.3) is 0 Å². The molecule has 0 aliphatic rings. The van der Waals surface area contributed by atoms with Gasteiger partial charge in [-0.15, -0.1) is 0 Å². The van der Waals surface area contributed by atoms with Crippen LogP contribution in [0.3, 0.4) is 0 Å². The number of aromatic nitrogens is 2. The van der Waals surface area contributed by atoms with Crippen LogP contribution in [0.15, 0.2) is 28.8 Å². The lowest BCUT2D eigenvalue weighted by Gasteiger charge is -2.04. The number of hydrogen-bond acceptors (Lipinski definition) is 4. The Morgan fingerprint density at radius 1 is 1.47 bits per heavy atom. The van der Waals surface area contributed by atoms with Crippen molar-refractivity contribution in [3.8, 4) is 0 Å². The van der Waals surface area contributed by atoms with Crippen molar-refractivity contribution in [1.82, 2.24) is 10.1 Å². The minimum Gasteiger partial charge on any atom is -0.339 e. The summed E-state index contributed by atoms with van der Waals surface area (Å²) in [5.74, 6) is 1.20. The number of carbonyl (C=O) groups is 1. The molecule has 19 heavy (non-hydrogen) atoms. The average molecular weight is 371 g/mol. The highest BCUT2D eigenvalue weighted by Gasteiger charge is 2.06. The maximum Gasteiger partial charge on any atom is 0.226 e. The minimum absolute atomic E-state index is 0.00163. The van der Waals surface area contributed by atoms with Gasteiger partial charge in [0.1, 0.15) is 0 Å². The van der Waals surface area contributed by atoms with Crippen LogP contribution in [0.5, 0.6) is 0 Å². The summed E-state index contributed by atoms with van der Waals surface area (Å²) in [7, 11) is 0. The molecule has 1 N–H and O–H groups in total. The molecule has 0 saturated carbocycles. The van der Waals surface area contributed by atoms with E-state index < -0.39 is 0 Å². The SMILES string of the molecule is Cc1noc(CCCC(=O)Nc2cccc(I)c2)n1. The summed E-state index contributed by atoms with van der Waals surface area (Å²) < 4.78 is 6.08. The lowest BCUT2D eigenvalue weighted by atomic mass is 10.2. The van der Waals surface area contributed by atoms with Gasteiger partial charge in [-0.3, -0.25) is 4.79 Å². The molecule has 0 unspecified atom stereocenters. The van der Waals surface area contributed by atoms with Crippen molar-refractivity contribution in [3.63, 3.8) is 0 Å². The van der Waals surface area contributed by atoms with E-state index in [-0.39, 0.29) is 5.91 Å². The third-order valence-electron chi connectivity index (χ3n) is 2.47. The summed E-state index contributed by atoms with van der Waals surface area (Å²) in [6.07, 6.45) is 1.75. The lowest BCUT2D eigenvalue weighted by Crippen LogP contribution is -2.11. The van der Waals surface area contributed by atoms with Gasteiger partial charge in [0.05, 0.1) is 0 Å². The van der Waals surface area contributed by atoms with E-state index in [2.05, 4.69) is 38.0 Å². The summed E-state index contributed by atoms with van der Waals surface area (Å²) in [5.41, 5.74) is 0.825. The van der Waals surface area contributed by atoms with Gasteiger partial charge in [0, 0.05) is 22.1 Å². The maximum atomic E-state index is 11.7. The van der Waals surface area contributed by atoms with Gasteiger partial charge in [-0.1, -0.05) is 11.2 Å². The third-order valence-corrected chi connectivity index (χ3v) is 3.14. The van der Waals surface area contributed by atoms with Gasteiger partial charge in [-0.2, -0.15) is 4.98 Å². The summed E-state index contributed by atoms with van der Waals surface area (Å²) in [6.45, 7) is 1.77. The molecule has 0 radical (unpaired) electrons. The molecule has 0 spiro atoms. The molecule has 2 aromatic rings. The van der Waals surface area contributed by atoms with Crippen LogP contribution in [-0.2, 0) is 11.2 Å². The summed E-state index contributed by atoms with van der Waals surface area (Å²) in [4.78, 5) is 15.8. The van der Waals surface area contributed by atoms with Crippen LogP contribution in [0.2, 0.25) is 0 Å². The second-order valence-electron chi connectivity index (χ2n) is 4.15. The van der Waals surface area contributed by atoms with E-state index in [4.69, 9.17) is 4.52 Å². The topological polar surface area (TPSA) is 68.0 Å². The number of nitrogens with zero attached hydrogens (tertiary/aromatic N) is 2. The smallest absolute Gasteiger partial charge is 0.226 e. The van der Waals surface area contributed by atoms with E-state index in [0.717, 1.165) is 9.26 Å². The fraction of sp³-hybridized carbons (Fsp3) is 0.308. The van der Waals surface area contributed by atoms with Gasteiger partial charge >= 0.3 is 0 Å². The predicted octanol–water partition coefficient (Wildman–Crippen LogP) is 2.94. The number of carbonyl (C=O) groups excluding carboxylic acids is 1. The quantitative estimate of drug-likeness (QED) is 0.821. The van der Waals surface area contributed by atoms with E-state index in [1.54, 1.807) is 6.92 Å². The minimum atomic E-state index is -0.00163. The fourth-order valence-electron chi connectivity index (χ4n) is 1.63. The van der Waals surface area contributed by atoms with Crippen LogP contribution in [0.25, 0.3) is 0 Å². The Hall–Kier alpha value is -1.44. The molecule has 0 fully saturated rings. The molecule has 0 saturated heterocycles. The Bertz CT molecular complexity index is 569. The van der Waals surface area contributed by atoms with Gasteiger partial charge in [-0.05, 0) is 54.1 Å². The fourth-order valence-corrected chi connectivity index (χ4v) is 2.17. The van der Waals surface area contributed by atoms with Crippen LogP contribution in [0, 0.1) is 10.5 Å². The van der Waals surface area contributed by atoms with Crippen molar-refractivity contribution in [2.24, 2.45) is 0 Å². The van der Waals surface area contributed by atoms with Crippen molar-refractivity contribution in [2.45, 2.75) is 26.2 Å². The molecule has 100 valence electrons. The molecule has 1 heterocycles. The molecule has 1 aromatic carbocycles. The van der Waals surface area contributed by atoms with E-state index in [9.17, 15) is 4.79 Å². The first-order chi connectivity index (χ1) is 9.13. The highest BCUT2D eigenvalue weighted by Crippen LogP contribution is 2.13. The van der Waals surface area contributed by atoms with Crippen molar-refractivity contribution in [3.05, 3.63) is 39.6 Å². The number of benzene rings is 1. The van der Waals surface area contributed by atoms with E-state index in [1.807, 2.05) is 24.3 Å². The zero-order chi connectivity index (χ0) is 13.7. The lowest BCUT2D eigenvalue weighted by molar-refractivity contribution is -0.116. The third kappa shape index (κ3) is 4.62. The Kier molecular flexibility index (Phi) is 4.89. The zero-order valence-electron chi connectivity index (χ0n) is 10.5. The van der Waals surface area contributed by atoms with Crippen LogP contribution in [0.1, 0.15) is 24.6 Å². The number of hydrogen-bond donors (Lipinski definition) is 1. The number of anilines is 1. The maximum absolute atomic E-state index is 11.7. The van der Waals surface area contributed by atoms with Crippen LogP contribution < -0.4 is 5.32 Å². The molecule has 2 rings (SSSR count). The highest BCUT2D eigenvalue weighted by atomic mass is 127. The molecule has 6 heteroatoms. The first-order valence-electron chi connectivity index (χ1n) is 5.98. The number of aryl methyl sites for hydroxylation is 2. The van der Waals surface area contributed by atoms with Gasteiger partial charge in [-0.25, -0.2) is 0 Å². The first kappa shape index (κ1) is 14.0. The molecule has 0 aliphatic heterocycles. The van der Waals surface area contributed by atoms with Crippen molar-refractivity contribution in [2.75, 3.05) is 5.32 Å². The molecule has 1 amide bonds. The molecular weight excluding hydrogens is 357 g/mol. The monoisotopic (exact) mass is 371 g/mol. The Labute approximate surface area is 124 Å². The summed E-state index contributed by atoms with van der Waals surface area (Å²) >= 11 is 2.21. The Balaban J connectivity index is 1.76. The predicted molar refractivity (Wildman–Crippen MR) is 79.8 cm³/mol. The largest absolute Gasteiger partial charge is 0.339 e. The van der Waals surface area contributed by atoms with E-state index in [0.29, 0.717) is 31.0 Å². The number of rotatable bonds is 5. The number of halogens is 1. The second-order valence-corrected chi connectivity index (χ2v) is 5.39. The van der Waals surface area contributed by atoms with E-state index in [1.165, 1.54) is 0 Å². The number of amides is 1. The Morgan fingerprint density at radius 2 is 2.32 bits per heavy atom. The standard InChI is InChI=1S/C13H14IN3O2/c1-9-15-13(19-17-9)7-3-6-12(18)16-11-5-2-4-10(14)8-11/h2,4-5,8H,3,6-7H2,1H3,(H,16,18). The van der Waals surface area contributed by atoms with Crippen LogP contribution in [0.4, 0.5) is 5.69 Å². The van der Waals surface area contributed by atoms with Gasteiger partial charge in [0.2, 0.25) is 11.8 Å². The summed E-state index contributed by atoms with van der Waals surface area (Å²) in [6, 6.07) is 7.70. The Morgan fingerprint density at radius 3 is 3.00 bits per heavy atom. The van der Waals surface area contributed by atoms with Crippen molar-refractivity contribution in [1.29, 1.82) is 0 Å². The highest BCUT2D eigenvalue weighted by molar-refractivity contribution is 14.1. The molecule has 5 nitrogen and oxygen atoms in total. The van der Waals surface area contributed by atoms with Crippen LogP contribution in [-0.4, -0.2) is 16.0 Å². The van der Waals surface area contributed by atoms with Gasteiger partial charge < -0.3 is 9.84 Å². The average Bonchev–Trinajstić information content (AvgIpc) is 2.75. The first-order valence-corrected chi connectivity index (χ1v) is 7.06. The molecular formula is C13H14IN3O2. The van der Waals surface area contributed by atoms with Crippen molar-refractivity contribution >= 4 is 34.2 Å². The molecule has 0 bridgehead atoms. The van der Waals surface area contributed by atoms with E-state index >= 15 is 0 Å². The summed E-state index contributed by atoms with van der Waals surface area (Å²) in [5, 5.41) is 6.57. The molecule has 0 atom stereocenters. The zero-order valence-corrected chi connectivity index (χ0v) is 12.7. The molecule has 0 aliphatic carbocycles. The molecule has 1 aromatic heterocycles. The van der Waals surface area contributed by atoms with Crippen LogP contribution >= 0.6 is 22.6 Å². The van der Waals surface area contributed by atoms with Gasteiger partial charge in [0.15, 0.2) is 5.82 Å². The number of nitrogens with one attached hydrogen (secondary N) is 1.